The molecule has 0 aromatic rings. The van der Waals surface area contributed by atoms with E-state index in [0.29, 0.717) is 5.75 Å². The van der Waals surface area contributed by atoms with E-state index in [1.165, 1.54) is 0 Å². The molecule has 24 heavy (non-hydrogen) atoms. The van der Waals surface area contributed by atoms with Crippen molar-refractivity contribution < 1.29 is 9.53 Å². The molecule has 0 fully saturated rings. The fourth-order valence-electron chi connectivity index (χ4n) is 0.693. The van der Waals surface area contributed by atoms with Crippen LogP contribution in [0.4, 0.5) is 0 Å². The molecule has 0 rings (SSSR count). The topological polar surface area (TPSA) is 26.3 Å². The lowest BCUT2D eigenvalue weighted by Gasteiger charge is -1.89. The van der Waals surface area contributed by atoms with E-state index >= 15 is 0 Å². The maximum atomic E-state index is 10.9. The van der Waals surface area contributed by atoms with Gasteiger partial charge in [0.25, 0.3) is 0 Å². The molecule has 0 bridgehead atoms. The Kier molecular flexibility index (Phi) is 14.0. The number of rotatable bonds is 2. The van der Waals surface area contributed by atoms with Crippen LogP contribution in [0.15, 0.2) is 0 Å². The van der Waals surface area contributed by atoms with Gasteiger partial charge in [-0.2, -0.15) is 12.6 Å². The largest absolute Gasteiger partial charge is 0.371 e. The third-order valence-corrected chi connectivity index (χ3v) is 1.70. The van der Waals surface area contributed by atoms with E-state index in [1.54, 1.807) is 0 Å². The van der Waals surface area contributed by atoms with Gasteiger partial charge >= 0.3 is 5.97 Å². The van der Waals surface area contributed by atoms with E-state index in [9.17, 15) is 4.79 Å². The normalized spacial score (nSPS) is 5.17. The summed E-state index contributed by atoms with van der Waals surface area (Å²) in [6.45, 7) is 0. The summed E-state index contributed by atoms with van der Waals surface area (Å²) in [5, 5.41) is 0. The minimum absolute atomic E-state index is 0.193. The number of esters is 1. The quantitative estimate of drug-likeness (QED) is 0.454. The second kappa shape index (κ2) is 16.9. The maximum Gasteiger partial charge on any atom is 0.320 e. The number of carbonyl (C=O) groups excluding carboxylic acids is 1. The van der Waals surface area contributed by atoms with Crippen molar-refractivity contribution in [1.29, 1.82) is 0 Å². The number of hydrogen-bond acceptors (Lipinski definition) is 3. The Morgan fingerprint density at radius 3 is 1.46 bits per heavy atom. The Labute approximate surface area is 147 Å². The van der Waals surface area contributed by atoms with E-state index in [1.807, 2.05) is 0 Å². The van der Waals surface area contributed by atoms with E-state index in [2.05, 4.69) is 118 Å². The Bertz CT molecular complexity index is 1010. The third-order valence-electron chi connectivity index (χ3n) is 1.48. The van der Waals surface area contributed by atoms with Crippen molar-refractivity contribution in [3.63, 3.8) is 0 Å². The van der Waals surface area contributed by atoms with Crippen LogP contribution in [0.5, 0.6) is 0 Å². The zero-order valence-corrected chi connectivity index (χ0v) is 13.1. The van der Waals surface area contributed by atoms with Gasteiger partial charge in [-0.25, -0.2) is 0 Å². The second-order valence-electron chi connectivity index (χ2n) is 3.07. The molecule has 0 aromatic heterocycles. The van der Waals surface area contributed by atoms with Crippen LogP contribution in [-0.2, 0) is 9.53 Å². The van der Waals surface area contributed by atoms with Crippen molar-refractivity contribution in [2.45, 2.75) is 6.42 Å². The summed E-state index contributed by atoms with van der Waals surface area (Å²) in [7, 11) is 0. The summed E-state index contributed by atoms with van der Waals surface area (Å²) >= 11 is 3.88. The van der Waals surface area contributed by atoms with Crippen LogP contribution in [-0.4, -0.2) is 11.7 Å². The molecule has 0 aliphatic heterocycles. The standard InChI is InChI=1S/C21H6O2S/c1-2-3-4-5-6-7-8-9-10-11-12-13-14-15-16-17-19-23-21(22)18-20-24/h1,24H,18,20H2. The summed E-state index contributed by atoms with van der Waals surface area (Å²) in [4.78, 5) is 10.9. The van der Waals surface area contributed by atoms with Gasteiger partial charge in [-0.05, 0) is 47.4 Å². The molecule has 0 aromatic carbocycles. The SMILES string of the molecule is C#CC#CC#CC#CC#CC#CC#CC#CC#COC(=O)CCS. The predicted molar refractivity (Wildman–Crippen MR) is 95.6 cm³/mol. The Morgan fingerprint density at radius 1 is 0.708 bits per heavy atom. The highest BCUT2D eigenvalue weighted by atomic mass is 32.1. The fraction of sp³-hybridized carbons (Fsp3) is 0.0952. The van der Waals surface area contributed by atoms with E-state index in [0.717, 1.165) is 0 Å². The molecule has 0 radical (unpaired) electrons. The van der Waals surface area contributed by atoms with Gasteiger partial charge in [0.2, 0.25) is 0 Å². The van der Waals surface area contributed by atoms with Gasteiger partial charge in [-0.15, -0.1) is 6.42 Å². The van der Waals surface area contributed by atoms with Crippen molar-refractivity contribution in [3.05, 3.63) is 0 Å². The molecule has 0 amide bonds. The van der Waals surface area contributed by atoms with Crippen molar-refractivity contribution in [3.8, 4) is 107 Å². The number of thiol groups is 1. The Balaban J connectivity index is 4.28. The average Bonchev–Trinajstić information content (AvgIpc) is 2.58. The monoisotopic (exact) mass is 322 g/mol. The number of carbonyl (C=O) groups is 1. The van der Waals surface area contributed by atoms with Crippen molar-refractivity contribution in [2.24, 2.45) is 0 Å². The highest BCUT2D eigenvalue weighted by molar-refractivity contribution is 7.80. The lowest BCUT2D eigenvalue weighted by Crippen LogP contribution is -1.99. The molecule has 0 saturated carbocycles. The van der Waals surface area contributed by atoms with Gasteiger partial charge in [0.1, 0.15) is 6.11 Å². The van der Waals surface area contributed by atoms with Crippen LogP contribution in [0, 0.1) is 107 Å². The molecule has 0 heterocycles. The highest BCUT2D eigenvalue weighted by Crippen LogP contribution is 1.86. The van der Waals surface area contributed by atoms with Crippen LogP contribution in [0.25, 0.3) is 0 Å². The van der Waals surface area contributed by atoms with E-state index in [-0.39, 0.29) is 6.42 Å². The molecule has 2 nitrogen and oxygen atoms in total. The van der Waals surface area contributed by atoms with Crippen molar-refractivity contribution >= 4 is 18.6 Å². The minimum Gasteiger partial charge on any atom is -0.371 e. The van der Waals surface area contributed by atoms with E-state index in [4.69, 9.17) is 6.42 Å². The number of ether oxygens (including phenoxy) is 1. The zero-order valence-electron chi connectivity index (χ0n) is 12.3. The molecule has 108 valence electrons. The smallest absolute Gasteiger partial charge is 0.320 e. The highest BCUT2D eigenvalue weighted by Gasteiger charge is 1.96. The zero-order chi connectivity index (χ0) is 17.7. The van der Waals surface area contributed by atoms with Gasteiger partial charge in [0.15, 0.2) is 0 Å². The summed E-state index contributed by atoms with van der Waals surface area (Å²) in [6.07, 6.45) is 7.23. The second-order valence-corrected chi connectivity index (χ2v) is 3.52. The average molecular weight is 322 g/mol. The van der Waals surface area contributed by atoms with Gasteiger partial charge in [-0.3, -0.25) is 4.79 Å². The molecule has 0 saturated heterocycles. The summed E-state index contributed by atoms with van der Waals surface area (Å²) < 4.78 is 4.52. The summed E-state index contributed by atoms with van der Waals surface area (Å²) in [5.41, 5.74) is 0. The molecule has 3 heteroatoms. The van der Waals surface area contributed by atoms with Crippen LogP contribution >= 0.6 is 12.6 Å². The molecule has 0 aliphatic rings. The maximum absolute atomic E-state index is 10.9. The molecular formula is C21H6O2S. The Morgan fingerprint density at radius 2 is 1.08 bits per heavy atom. The van der Waals surface area contributed by atoms with Gasteiger partial charge < -0.3 is 4.74 Å². The van der Waals surface area contributed by atoms with Gasteiger partial charge in [0, 0.05) is 53.1 Å². The molecule has 0 spiro atoms. The molecule has 0 unspecified atom stereocenters. The predicted octanol–water partition coefficient (Wildman–Crippen LogP) is 0.467. The first kappa shape index (κ1) is 19.9. The molecule has 0 atom stereocenters. The first-order valence-electron chi connectivity index (χ1n) is 6.07. The Hall–Kier alpha value is -4.14. The van der Waals surface area contributed by atoms with Crippen molar-refractivity contribution in [2.75, 3.05) is 5.75 Å². The lowest BCUT2D eigenvalue weighted by atomic mass is 10.5. The van der Waals surface area contributed by atoms with Crippen molar-refractivity contribution in [1.82, 2.24) is 0 Å². The first-order chi connectivity index (χ1) is 11.8. The first-order valence-corrected chi connectivity index (χ1v) is 6.70. The van der Waals surface area contributed by atoms with Crippen LogP contribution in [0.1, 0.15) is 6.42 Å². The third kappa shape index (κ3) is 15.9. The van der Waals surface area contributed by atoms with Crippen LogP contribution in [0.3, 0.4) is 0 Å². The van der Waals surface area contributed by atoms with Gasteiger partial charge in [0.05, 0.1) is 6.42 Å². The lowest BCUT2D eigenvalue weighted by molar-refractivity contribution is -0.136. The van der Waals surface area contributed by atoms with E-state index < -0.39 is 5.97 Å². The molecule has 0 N–H and O–H groups in total. The van der Waals surface area contributed by atoms with Crippen LogP contribution < -0.4 is 0 Å². The summed E-state index contributed by atoms with van der Waals surface area (Å²) in [5.74, 6) is 38.4. The molecular weight excluding hydrogens is 316 g/mol. The van der Waals surface area contributed by atoms with Gasteiger partial charge in [-0.1, -0.05) is 0 Å². The van der Waals surface area contributed by atoms with Crippen LogP contribution in [0.2, 0.25) is 0 Å². The minimum atomic E-state index is -0.454. The summed E-state index contributed by atoms with van der Waals surface area (Å²) in [6, 6.07) is 0. The number of hydrogen-bond donors (Lipinski definition) is 1. The molecule has 0 aliphatic carbocycles. The number of terminal acetylenes is 1. The fourth-order valence-corrected chi connectivity index (χ4v) is 0.875.